The largest absolute Gasteiger partial charge is 0.496 e. The fraction of sp³-hybridized carbons (Fsp3) is 0.333. The van der Waals surface area contributed by atoms with Crippen LogP contribution in [-0.4, -0.2) is 7.11 Å². The number of hydrogen-bond acceptors (Lipinski definition) is 2. The van der Waals surface area contributed by atoms with Gasteiger partial charge >= 0.3 is 0 Å². The standard InChI is InChI=1S/C18H22ClNO/c1-4-17(16-10-5-6-11-18(16)21-3)20-13(2)14-8-7-9-15(19)12-14/h5-13,17,20H,4H2,1-3H3/t13-,17?/m1/s1. The zero-order valence-electron chi connectivity index (χ0n) is 12.8. The fourth-order valence-electron chi connectivity index (χ4n) is 2.56. The summed E-state index contributed by atoms with van der Waals surface area (Å²) in [5, 5.41) is 4.43. The van der Waals surface area contributed by atoms with Gasteiger partial charge in [0.15, 0.2) is 0 Å². The Balaban J connectivity index is 2.19. The molecule has 2 aromatic carbocycles. The van der Waals surface area contributed by atoms with Gasteiger partial charge in [-0.2, -0.15) is 0 Å². The Morgan fingerprint density at radius 3 is 2.57 bits per heavy atom. The summed E-state index contributed by atoms with van der Waals surface area (Å²) in [5.41, 5.74) is 2.38. The van der Waals surface area contributed by atoms with Crippen LogP contribution in [0.5, 0.6) is 5.75 Å². The molecule has 0 heterocycles. The smallest absolute Gasteiger partial charge is 0.123 e. The van der Waals surface area contributed by atoms with Gasteiger partial charge in [0.1, 0.15) is 5.75 Å². The molecule has 0 radical (unpaired) electrons. The maximum Gasteiger partial charge on any atom is 0.123 e. The van der Waals surface area contributed by atoms with E-state index in [1.165, 1.54) is 11.1 Å². The Morgan fingerprint density at radius 2 is 1.90 bits per heavy atom. The lowest BCUT2D eigenvalue weighted by Crippen LogP contribution is -2.24. The van der Waals surface area contributed by atoms with Crippen molar-refractivity contribution in [2.45, 2.75) is 32.4 Å². The minimum Gasteiger partial charge on any atom is -0.496 e. The summed E-state index contributed by atoms with van der Waals surface area (Å²) in [6.07, 6.45) is 0.991. The van der Waals surface area contributed by atoms with E-state index in [1.807, 2.05) is 36.4 Å². The van der Waals surface area contributed by atoms with Gasteiger partial charge in [-0.1, -0.05) is 48.9 Å². The zero-order chi connectivity index (χ0) is 15.2. The number of nitrogens with one attached hydrogen (secondary N) is 1. The van der Waals surface area contributed by atoms with E-state index in [2.05, 4.69) is 31.3 Å². The van der Waals surface area contributed by atoms with Crippen LogP contribution in [-0.2, 0) is 0 Å². The normalized spacial score (nSPS) is 13.7. The van der Waals surface area contributed by atoms with Gasteiger partial charge in [0.05, 0.1) is 7.11 Å². The summed E-state index contributed by atoms with van der Waals surface area (Å²) in [6, 6.07) is 16.6. The zero-order valence-corrected chi connectivity index (χ0v) is 13.5. The molecule has 3 heteroatoms. The van der Waals surface area contributed by atoms with Crippen molar-refractivity contribution >= 4 is 11.6 Å². The molecule has 2 atom stereocenters. The quantitative estimate of drug-likeness (QED) is 0.796. The van der Waals surface area contributed by atoms with Crippen molar-refractivity contribution in [1.82, 2.24) is 5.32 Å². The van der Waals surface area contributed by atoms with E-state index in [0.29, 0.717) is 0 Å². The molecule has 2 nitrogen and oxygen atoms in total. The van der Waals surface area contributed by atoms with Gasteiger partial charge in [0, 0.05) is 22.7 Å². The number of benzene rings is 2. The first-order valence-electron chi connectivity index (χ1n) is 7.30. The summed E-state index contributed by atoms with van der Waals surface area (Å²) < 4.78 is 5.47. The molecule has 0 aliphatic heterocycles. The van der Waals surface area contributed by atoms with Crippen molar-refractivity contribution in [1.29, 1.82) is 0 Å². The van der Waals surface area contributed by atoms with E-state index in [0.717, 1.165) is 17.2 Å². The molecular formula is C18H22ClNO. The van der Waals surface area contributed by atoms with Gasteiger partial charge < -0.3 is 10.1 Å². The highest BCUT2D eigenvalue weighted by Gasteiger charge is 2.17. The predicted molar refractivity (Wildman–Crippen MR) is 89.0 cm³/mol. The molecule has 0 aliphatic carbocycles. The third-order valence-electron chi connectivity index (χ3n) is 3.72. The van der Waals surface area contributed by atoms with Crippen molar-refractivity contribution in [3.05, 3.63) is 64.7 Å². The van der Waals surface area contributed by atoms with Crippen LogP contribution in [0.15, 0.2) is 48.5 Å². The number of ether oxygens (including phenoxy) is 1. The van der Waals surface area contributed by atoms with Gasteiger partial charge in [0.2, 0.25) is 0 Å². The topological polar surface area (TPSA) is 21.3 Å². The van der Waals surface area contributed by atoms with Crippen LogP contribution in [0.1, 0.15) is 43.5 Å². The monoisotopic (exact) mass is 303 g/mol. The highest BCUT2D eigenvalue weighted by atomic mass is 35.5. The Bertz CT molecular complexity index is 585. The number of rotatable bonds is 6. The lowest BCUT2D eigenvalue weighted by atomic mass is 10.0. The van der Waals surface area contributed by atoms with Crippen LogP contribution < -0.4 is 10.1 Å². The highest BCUT2D eigenvalue weighted by Crippen LogP contribution is 2.29. The van der Waals surface area contributed by atoms with Gasteiger partial charge in [-0.3, -0.25) is 0 Å². The SMILES string of the molecule is CCC(N[C@H](C)c1cccc(Cl)c1)c1ccccc1OC. The van der Waals surface area contributed by atoms with E-state index in [4.69, 9.17) is 16.3 Å². The van der Waals surface area contributed by atoms with E-state index in [-0.39, 0.29) is 12.1 Å². The molecule has 21 heavy (non-hydrogen) atoms. The molecule has 0 saturated heterocycles. The van der Waals surface area contributed by atoms with Gasteiger partial charge in [-0.05, 0) is 37.1 Å². The van der Waals surface area contributed by atoms with Crippen molar-refractivity contribution in [3.63, 3.8) is 0 Å². The number of para-hydroxylation sites is 1. The van der Waals surface area contributed by atoms with Crippen molar-refractivity contribution in [2.75, 3.05) is 7.11 Å². The second-order valence-electron chi connectivity index (χ2n) is 5.15. The first kappa shape index (κ1) is 15.9. The Morgan fingerprint density at radius 1 is 1.14 bits per heavy atom. The summed E-state index contributed by atoms with van der Waals surface area (Å²) in [5.74, 6) is 0.926. The molecule has 1 unspecified atom stereocenters. The lowest BCUT2D eigenvalue weighted by Gasteiger charge is -2.24. The van der Waals surface area contributed by atoms with Gasteiger partial charge in [-0.25, -0.2) is 0 Å². The van der Waals surface area contributed by atoms with E-state index >= 15 is 0 Å². The van der Waals surface area contributed by atoms with Crippen LogP contribution in [0.2, 0.25) is 5.02 Å². The summed E-state index contributed by atoms with van der Waals surface area (Å²) in [7, 11) is 1.71. The molecule has 0 aromatic heterocycles. The first-order chi connectivity index (χ1) is 10.2. The number of halogens is 1. The number of hydrogen-bond donors (Lipinski definition) is 1. The molecular weight excluding hydrogens is 282 g/mol. The van der Waals surface area contributed by atoms with E-state index < -0.39 is 0 Å². The fourth-order valence-corrected chi connectivity index (χ4v) is 2.75. The van der Waals surface area contributed by atoms with Crippen molar-refractivity contribution in [2.24, 2.45) is 0 Å². The minimum atomic E-state index is 0.221. The molecule has 0 spiro atoms. The highest BCUT2D eigenvalue weighted by molar-refractivity contribution is 6.30. The van der Waals surface area contributed by atoms with Crippen LogP contribution in [0, 0.1) is 0 Å². The maximum atomic E-state index is 6.08. The summed E-state index contributed by atoms with van der Waals surface area (Å²) >= 11 is 6.08. The number of methoxy groups -OCH3 is 1. The summed E-state index contributed by atoms with van der Waals surface area (Å²) in [6.45, 7) is 4.33. The molecule has 112 valence electrons. The molecule has 0 saturated carbocycles. The van der Waals surface area contributed by atoms with Gasteiger partial charge in [-0.15, -0.1) is 0 Å². The molecule has 0 fully saturated rings. The molecule has 0 amide bonds. The molecule has 0 aliphatic rings. The van der Waals surface area contributed by atoms with E-state index in [9.17, 15) is 0 Å². The summed E-state index contributed by atoms with van der Waals surface area (Å²) in [4.78, 5) is 0. The predicted octanol–water partition coefficient (Wildman–Crippen LogP) is 5.15. The molecule has 0 bridgehead atoms. The second kappa shape index (κ2) is 7.48. The Labute approximate surface area is 132 Å². The average Bonchev–Trinajstić information content (AvgIpc) is 2.52. The second-order valence-corrected chi connectivity index (χ2v) is 5.58. The van der Waals surface area contributed by atoms with E-state index in [1.54, 1.807) is 7.11 Å². The minimum absolute atomic E-state index is 0.221. The third kappa shape index (κ3) is 3.99. The van der Waals surface area contributed by atoms with Crippen LogP contribution in [0.25, 0.3) is 0 Å². The van der Waals surface area contributed by atoms with Gasteiger partial charge in [0.25, 0.3) is 0 Å². The Kier molecular flexibility index (Phi) is 5.66. The maximum absolute atomic E-state index is 6.08. The van der Waals surface area contributed by atoms with Crippen LogP contribution in [0.4, 0.5) is 0 Å². The Hall–Kier alpha value is -1.51. The van der Waals surface area contributed by atoms with Crippen molar-refractivity contribution < 1.29 is 4.74 Å². The average molecular weight is 304 g/mol. The molecule has 2 rings (SSSR count). The van der Waals surface area contributed by atoms with Crippen molar-refractivity contribution in [3.8, 4) is 5.75 Å². The van der Waals surface area contributed by atoms with Crippen LogP contribution in [0.3, 0.4) is 0 Å². The lowest BCUT2D eigenvalue weighted by molar-refractivity contribution is 0.388. The first-order valence-corrected chi connectivity index (χ1v) is 7.68. The third-order valence-corrected chi connectivity index (χ3v) is 3.96. The van der Waals surface area contributed by atoms with Crippen LogP contribution >= 0.6 is 11.6 Å². The molecule has 2 aromatic rings. The molecule has 1 N–H and O–H groups in total.